The summed E-state index contributed by atoms with van der Waals surface area (Å²) in [5, 5.41) is 5.26. The van der Waals surface area contributed by atoms with E-state index >= 15 is 0 Å². The molecule has 126 valence electrons. The molecule has 1 heterocycles. The summed E-state index contributed by atoms with van der Waals surface area (Å²) in [5.74, 6) is 1.45. The molecular weight excluding hydrogens is 314 g/mol. The lowest BCUT2D eigenvalue weighted by atomic mass is 10.2. The highest BCUT2D eigenvalue weighted by molar-refractivity contribution is 6.30. The number of nitrogens with zero attached hydrogens (tertiary/aromatic N) is 2. The topological polar surface area (TPSA) is 62.3 Å². The molecule has 0 atom stereocenters. The fraction of sp³-hybridized carbons (Fsp3) is 0.471. The summed E-state index contributed by atoms with van der Waals surface area (Å²) < 4.78 is 13.6. The van der Waals surface area contributed by atoms with Crippen molar-refractivity contribution >= 4 is 11.6 Å². The minimum atomic E-state index is 0.443. The van der Waals surface area contributed by atoms with E-state index in [0.717, 1.165) is 29.1 Å². The highest BCUT2D eigenvalue weighted by Gasteiger charge is 2.19. The fourth-order valence-electron chi connectivity index (χ4n) is 2.41. The second-order valence-electron chi connectivity index (χ2n) is 5.29. The molecule has 0 unspecified atom stereocenters. The largest absolute Gasteiger partial charge is 0.453 e. The highest BCUT2D eigenvalue weighted by Crippen LogP contribution is 2.32. The van der Waals surface area contributed by atoms with E-state index in [1.165, 1.54) is 0 Å². The summed E-state index contributed by atoms with van der Waals surface area (Å²) in [5.41, 5.74) is 8.54. The van der Waals surface area contributed by atoms with E-state index in [1.54, 1.807) is 6.07 Å². The van der Waals surface area contributed by atoms with Gasteiger partial charge in [0.05, 0.1) is 13.2 Å². The van der Waals surface area contributed by atoms with E-state index in [2.05, 4.69) is 12.0 Å². The second-order valence-corrected chi connectivity index (χ2v) is 5.73. The number of aromatic nitrogens is 2. The molecule has 23 heavy (non-hydrogen) atoms. The predicted octanol–water partition coefficient (Wildman–Crippen LogP) is 3.69. The lowest BCUT2D eigenvalue weighted by molar-refractivity contribution is 0.126. The van der Waals surface area contributed by atoms with Crippen LogP contribution in [0.15, 0.2) is 18.2 Å². The molecule has 0 saturated heterocycles. The van der Waals surface area contributed by atoms with Crippen LogP contribution < -0.4 is 10.5 Å². The summed E-state index contributed by atoms with van der Waals surface area (Å²) in [4.78, 5) is 0. The van der Waals surface area contributed by atoms with Crippen molar-refractivity contribution in [2.24, 2.45) is 5.73 Å². The minimum Gasteiger partial charge on any atom is -0.453 e. The molecule has 0 bridgehead atoms. The molecule has 0 saturated carbocycles. The number of halogens is 1. The first-order valence-corrected chi connectivity index (χ1v) is 8.28. The molecule has 0 aliphatic rings. The smallest absolute Gasteiger partial charge is 0.174 e. The summed E-state index contributed by atoms with van der Waals surface area (Å²) in [6.07, 6.45) is 0.769. The number of nitrogens with two attached hydrogens (primary N) is 1. The van der Waals surface area contributed by atoms with Gasteiger partial charge in [0, 0.05) is 18.2 Å². The maximum absolute atomic E-state index is 6.13. The zero-order valence-corrected chi connectivity index (χ0v) is 14.7. The molecule has 1 aromatic carbocycles. The number of rotatable bonds is 8. The van der Waals surface area contributed by atoms with Crippen LogP contribution in [-0.4, -0.2) is 22.9 Å². The van der Waals surface area contributed by atoms with Gasteiger partial charge in [-0.05, 0) is 44.0 Å². The number of ether oxygens (including phenoxy) is 2. The minimum absolute atomic E-state index is 0.443. The Balaban J connectivity index is 2.41. The zero-order valence-electron chi connectivity index (χ0n) is 13.9. The molecule has 1 aromatic heterocycles. The van der Waals surface area contributed by atoms with Crippen molar-refractivity contribution in [1.29, 1.82) is 0 Å². The van der Waals surface area contributed by atoms with Crippen LogP contribution in [-0.2, 0) is 24.3 Å². The molecule has 0 fully saturated rings. The lowest BCUT2D eigenvalue weighted by Crippen LogP contribution is -2.14. The Kier molecular flexibility index (Phi) is 6.45. The summed E-state index contributed by atoms with van der Waals surface area (Å²) in [6, 6.07) is 5.66. The zero-order chi connectivity index (χ0) is 16.8. The normalized spacial score (nSPS) is 11.0. The maximum Gasteiger partial charge on any atom is 0.174 e. The standard InChI is InChI=1S/C17H24ClN3O2/c1-4-15-17(23-14-9-12(3)8-13(18)10-14)16(11-22-5-2)21(20-15)7-6-19/h8-10H,4-7,11,19H2,1-3H3. The first kappa shape index (κ1) is 17.8. The Hall–Kier alpha value is -1.56. The van der Waals surface area contributed by atoms with Gasteiger partial charge in [-0.1, -0.05) is 18.5 Å². The molecule has 6 heteroatoms. The van der Waals surface area contributed by atoms with Gasteiger partial charge in [0.1, 0.15) is 17.1 Å². The van der Waals surface area contributed by atoms with Gasteiger partial charge < -0.3 is 15.2 Å². The Labute approximate surface area is 142 Å². The Morgan fingerprint density at radius 2 is 2.04 bits per heavy atom. The molecule has 5 nitrogen and oxygen atoms in total. The van der Waals surface area contributed by atoms with Crippen molar-refractivity contribution in [1.82, 2.24) is 9.78 Å². The van der Waals surface area contributed by atoms with Gasteiger partial charge in [-0.25, -0.2) is 0 Å². The van der Waals surface area contributed by atoms with Crippen LogP contribution in [0.3, 0.4) is 0 Å². The number of benzene rings is 1. The van der Waals surface area contributed by atoms with Gasteiger partial charge in [0.2, 0.25) is 0 Å². The average molecular weight is 338 g/mol. The Morgan fingerprint density at radius 1 is 1.26 bits per heavy atom. The molecule has 0 radical (unpaired) electrons. The van der Waals surface area contributed by atoms with Crippen molar-refractivity contribution in [3.05, 3.63) is 40.2 Å². The third kappa shape index (κ3) is 4.47. The molecule has 2 aromatic rings. The van der Waals surface area contributed by atoms with E-state index < -0.39 is 0 Å². The maximum atomic E-state index is 6.13. The van der Waals surface area contributed by atoms with Crippen LogP contribution in [0.4, 0.5) is 0 Å². The van der Waals surface area contributed by atoms with Gasteiger partial charge in [0.15, 0.2) is 5.75 Å². The molecule has 0 aliphatic heterocycles. The Bertz CT molecular complexity index is 635. The monoisotopic (exact) mass is 337 g/mol. The van der Waals surface area contributed by atoms with Crippen LogP contribution in [0, 0.1) is 6.92 Å². The molecule has 2 N–H and O–H groups in total. The predicted molar refractivity (Wildman–Crippen MR) is 92.3 cm³/mol. The van der Waals surface area contributed by atoms with Crippen molar-refractivity contribution in [2.75, 3.05) is 13.2 Å². The molecule has 0 aliphatic carbocycles. The third-order valence-corrected chi connectivity index (χ3v) is 3.65. The van der Waals surface area contributed by atoms with Crippen molar-refractivity contribution in [2.45, 2.75) is 40.3 Å². The summed E-state index contributed by atoms with van der Waals surface area (Å²) in [6.45, 7) is 8.22. The summed E-state index contributed by atoms with van der Waals surface area (Å²) in [7, 11) is 0. The number of hydrogen-bond acceptors (Lipinski definition) is 4. The van der Waals surface area contributed by atoms with Gasteiger partial charge in [-0.2, -0.15) is 5.10 Å². The second kappa shape index (κ2) is 8.34. The van der Waals surface area contributed by atoms with Crippen LogP contribution in [0.25, 0.3) is 0 Å². The van der Waals surface area contributed by atoms with Gasteiger partial charge in [-0.3, -0.25) is 4.68 Å². The van der Waals surface area contributed by atoms with E-state index in [0.29, 0.717) is 37.1 Å². The SMILES string of the molecule is CCOCc1c(Oc2cc(C)cc(Cl)c2)c(CC)nn1CCN. The fourth-order valence-corrected chi connectivity index (χ4v) is 2.69. The molecular formula is C17H24ClN3O2. The van der Waals surface area contributed by atoms with Crippen LogP contribution >= 0.6 is 11.6 Å². The van der Waals surface area contributed by atoms with E-state index in [4.69, 9.17) is 26.8 Å². The van der Waals surface area contributed by atoms with Crippen molar-refractivity contribution in [3.8, 4) is 11.5 Å². The van der Waals surface area contributed by atoms with E-state index in [1.807, 2.05) is 30.7 Å². The Morgan fingerprint density at radius 3 is 2.65 bits per heavy atom. The van der Waals surface area contributed by atoms with Gasteiger partial charge in [-0.15, -0.1) is 0 Å². The third-order valence-electron chi connectivity index (χ3n) is 3.43. The summed E-state index contributed by atoms with van der Waals surface area (Å²) >= 11 is 6.13. The van der Waals surface area contributed by atoms with E-state index in [9.17, 15) is 0 Å². The first-order valence-electron chi connectivity index (χ1n) is 7.90. The number of aryl methyl sites for hydroxylation is 2. The number of hydrogen-bond donors (Lipinski definition) is 1. The lowest BCUT2D eigenvalue weighted by Gasteiger charge is -2.11. The molecule has 0 amide bonds. The highest BCUT2D eigenvalue weighted by atomic mass is 35.5. The molecule has 0 spiro atoms. The first-order chi connectivity index (χ1) is 11.1. The van der Waals surface area contributed by atoms with Crippen LogP contribution in [0.1, 0.15) is 30.8 Å². The van der Waals surface area contributed by atoms with Gasteiger partial charge in [0.25, 0.3) is 0 Å². The van der Waals surface area contributed by atoms with Crippen molar-refractivity contribution < 1.29 is 9.47 Å². The molecule has 2 rings (SSSR count). The van der Waals surface area contributed by atoms with Crippen LogP contribution in [0.2, 0.25) is 5.02 Å². The quantitative estimate of drug-likeness (QED) is 0.797. The van der Waals surface area contributed by atoms with E-state index in [-0.39, 0.29) is 0 Å². The van der Waals surface area contributed by atoms with Gasteiger partial charge >= 0.3 is 0 Å². The average Bonchev–Trinajstić information content (AvgIpc) is 2.81. The van der Waals surface area contributed by atoms with Crippen LogP contribution in [0.5, 0.6) is 11.5 Å². The van der Waals surface area contributed by atoms with Crippen molar-refractivity contribution in [3.63, 3.8) is 0 Å².